The molecular weight excluding hydrogens is 935 g/mol. The quantitative estimate of drug-likeness (QED) is 0.0195. The largest absolute Gasteiger partial charge is 0.545 e. The second-order valence-corrected chi connectivity index (χ2v) is 23.0. The van der Waals surface area contributed by atoms with Crippen LogP contribution in [0.3, 0.4) is 0 Å². The lowest BCUT2D eigenvalue weighted by molar-refractivity contribution is -0.870. The van der Waals surface area contributed by atoms with Crippen molar-refractivity contribution in [3.05, 3.63) is 36.5 Å². The number of likely N-dealkylation sites (N-methyl/N-ethyl adjacent to an activating group) is 1. The van der Waals surface area contributed by atoms with Gasteiger partial charge in [-0.2, -0.15) is 0 Å². The first-order valence-electron chi connectivity index (χ1n) is 32.1. The number of carbonyl (C=O) groups excluding carboxylic acids is 3. The average molecular weight is 1060 g/mol. The van der Waals surface area contributed by atoms with Crippen LogP contribution in [0.2, 0.25) is 0 Å². The van der Waals surface area contributed by atoms with E-state index in [1.807, 2.05) is 21.1 Å². The Morgan fingerprint density at radius 2 is 0.720 bits per heavy atom. The number of carboxylic acid groups (broad SMARTS) is 1. The number of hydrogen-bond acceptors (Lipinski definition) is 8. The fourth-order valence-corrected chi connectivity index (χ4v) is 9.39. The third kappa shape index (κ3) is 59.0. The number of allylic oxidation sites excluding steroid dienone is 6. The van der Waals surface area contributed by atoms with Gasteiger partial charge in [-0.05, 0) is 70.6 Å². The molecule has 9 heteroatoms. The molecule has 0 aliphatic heterocycles. The van der Waals surface area contributed by atoms with Crippen molar-refractivity contribution >= 4 is 17.9 Å². The highest BCUT2D eigenvalue weighted by atomic mass is 16.7. The zero-order valence-electron chi connectivity index (χ0n) is 50.2. The summed E-state index contributed by atoms with van der Waals surface area (Å²) >= 11 is 0. The van der Waals surface area contributed by atoms with E-state index >= 15 is 0 Å². The van der Waals surface area contributed by atoms with Gasteiger partial charge >= 0.3 is 11.9 Å². The van der Waals surface area contributed by atoms with E-state index in [0.29, 0.717) is 23.9 Å². The second kappa shape index (κ2) is 57.7. The molecule has 0 aliphatic carbocycles. The van der Waals surface area contributed by atoms with Gasteiger partial charge in [-0.25, -0.2) is 0 Å². The third-order valence-electron chi connectivity index (χ3n) is 14.4. The summed E-state index contributed by atoms with van der Waals surface area (Å²) in [5, 5.41) is 11.8. The Labute approximate surface area is 464 Å². The van der Waals surface area contributed by atoms with Crippen molar-refractivity contribution in [3.63, 3.8) is 0 Å². The molecule has 0 amide bonds. The third-order valence-corrected chi connectivity index (χ3v) is 14.4. The van der Waals surface area contributed by atoms with E-state index in [-0.39, 0.29) is 32.2 Å². The number of rotatable bonds is 60. The second-order valence-electron chi connectivity index (χ2n) is 23.0. The minimum atomic E-state index is -1.62. The molecule has 0 fully saturated rings. The first-order chi connectivity index (χ1) is 36.6. The average Bonchev–Trinajstić information content (AvgIpc) is 3.38. The number of ether oxygens (including phenoxy) is 4. The molecule has 0 aromatic rings. The number of unbranched alkanes of at least 4 members (excludes halogenated alkanes) is 39. The first kappa shape index (κ1) is 72.5. The number of carboxylic acids is 1. The summed E-state index contributed by atoms with van der Waals surface area (Å²) in [7, 11) is 5.93. The first-order valence-corrected chi connectivity index (χ1v) is 32.1. The van der Waals surface area contributed by atoms with Gasteiger partial charge in [0.1, 0.15) is 13.2 Å². The number of esters is 2. The fraction of sp³-hybridized carbons (Fsp3) is 0.864. The molecule has 0 aromatic heterocycles. The zero-order valence-corrected chi connectivity index (χ0v) is 50.2. The van der Waals surface area contributed by atoms with Crippen LogP contribution in [0.25, 0.3) is 0 Å². The Bertz CT molecular complexity index is 1320. The Morgan fingerprint density at radius 3 is 1.07 bits per heavy atom. The lowest BCUT2D eigenvalue weighted by atomic mass is 10.0. The molecule has 75 heavy (non-hydrogen) atoms. The number of carbonyl (C=O) groups is 3. The molecule has 0 rings (SSSR count). The summed E-state index contributed by atoms with van der Waals surface area (Å²) in [6.07, 6.45) is 67.8. The summed E-state index contributed by atoms with van der Waals surface area (Å²) < 4.78 is 22.8. The van der Waals surface area contributed by atoms with Crippen molar-refractivity contribution in [3.8, 4) is 0 Å². The van der Waals surface area contributed by atoms with Crippen LogP contribution in [-0.2, 0) is 33.3 Å². The molecule has 0 N–H and O–H groups in total. The van der Waals surface area contributed by atoms with Crippen molar-refractivity contribution in [2.75, 3.05) is 47.5 Å². The highest BCUT2D eigenvalue weighted by Crippen LogP contribution is 2.17. The molecule has 0 saturated carbocycles. The molecule has 0 spiro atoms. The van der Waals surface area contributed by atoms with Gasteiger partial charge in [0.25, 0.3) is 0 Å². The summed E-state index contributed by atoms with van der Waals surface area (Å²) in [6.45, 7) is 4.78. The molecule has 0 bridgehead atoms. The lowest BCUT2D eigenvalue weighted by Gasteiger charge is -2.26. The molecule has 0 aliphatic rings. The topological polar surface area (TPSA) is 111 Å². The SMILES string of the molecule is CCCCCCC/C=C\C/C=C\CCCCCCCCCCCCCC(=O)OC(COC(=O)CCCCCCCCCCCCCCCCC/C=C\CCCCCCCCCC)COC(OCC[N+](C)(C)C)C(=O)[O-]. The van der Waals surface area contributed by atoms with Crippen molar-refractivity contribution < 1.29 is 42.9 Å². The van der Waals surface area contributed by atoms with Crippen LogP contribution in [0.15, 0.2) is 36.5 Å². The van der Waals surface area contributed by atoms with Gasteiger partial charge in [0.15, 0.2) is 12.4 Å². The van der Waals surface area contributed by atoms with Crippen LogP contribution >= 0.6 is 0 Å². The van der Waals surface area contributed by atoms with Crippen molar-refractivity contribution in [2.45, 2.75) is 322 Å². The summed E-state index contributed by atoms with van der Waals surface area (Å²) in [5.74, 6) is -2.27. The van der Waals surface area contributed by atoms with Gasteiger partial charge in [0.2, 0.25) is 0 Å². The molecule has 0 radical (unpaired) electrons. The van der Waals surface area contributed by atoms with Gasteiger partial charge in [-0.3, -0.25) is 9.59 Å². The Morgan fingerprint density at radius 1 is 0.400 bits per heavy atom. The van der Waals surface area contributed by atoms with Crippen LogP contribution in [0.4, 0.5) is 0 Å². The maximum atomic E-state index is 12.9. The molecule has 2 atom stereocenters. The summed E-state index contributed by atoms with van der Waals surface area (Å²) in [4.78, 5) is 37.4. The van der Waals surface area contributed by atoms with E-state index in [0.717, 1.165) is 44.9 Å². The number of aliphatic carboxylic acids is 1. The normalized spacial score (nSPS) is 12.9. The molecule has 9 nitrogen and oxygen atoms in total. The molecule has 0 heterocycles. The van der Waals surface area contributed by atoms with Gasteiger partial charge in [0.05, 0.1) is 40.3 Å². The van der Waals surface area contributed by atoms with E-state index in [2.05, 4.69) is 50.3 Å². The van der Waals surface area contributed by atoms with Gasteiger partial charge in [0, 0.05) is 12.8 Å². The van der Waals surface area contributed by atoms with Gasteiger partial charge < -0.3 is 33.3 Å². The Kier molecular flexibility index (Phi) is 55.8. The standard InChI is InChI=1S/C66H123NO8/c1-6-8-10-12-14-16-18-20-22-24-26-28-30-31-32-33-35-36-38-40-42-44-46-48-50-52-54-56-63(68)73-60-62(61-74-66(65(70)71)72-59-58-67(3,4)5)75-64(69)57-55-53-51-49-47-45-43-41-39-37-34-29-27-25-23-21-19-17-15-13-11-9-7-2/h19,21,24-27,62,66H,6-18,20,22-23,28-61H2,1-5H3/b21-19-,26-24-,27-25-. The summed E-state index contributed by atoms with van der Waals surface area (Å²) in [5.41, 5.74) is 0. The Balaban J connectivity index is 4.15. The molecule has 2 unspecified atom stereocenters. The van der Waals surface area contributed by atoms with E-state index in [1.165, 1.54) is 231 Å². The van der Waals surface area contributed by atoms with Gasteiger partial charge in [-0.15, -0.1) is 0 Å². The van der Waals surface area contributed by atoms with Crippen molar-refractivity contribution in [2.24, 2.45) is 0 Å². The number of hydrogen-bond donors (Lipinski definition) is 0. The van der Waals surface area contributed by atoms with Crippen LogP contribution in [0.1, 0.15) is 309 Å². The van der Waals surface area contributed by atoms with E-state index in [4.69, 9.17) is 18.9 Å². The minimum Gasteiger partial charge on any atom is -0.545 e. The predicted octanol–water partition coefficient (Wildman–Crippen LogP) is 17.9. The van der Waals surface area contributed by atoms with Gasteiger partial charge in [-0.1, -0.05) is 262 Å². The van der Waals surface area contributed by atoms with E-state index in [9.17, 15) is 19.5 Å². The van der Waals surface area contributed by atoms with Crippen LogP contribution in [0.5, 0.6) is 0 Å². The number of nitrogens with zero attached hydrogens (tertiary/aromatic N) is 1. The highest BCUT2D eigenvalue weighted by molar-refractivity contribution is 5.70. The summed E-state index contributed by atoms with van der Waals surface area (Å²) in [6, 6.07) is 0. The van der Waals surface area contributed by atoms with Crippen LogP contribution in [-0.4, -0.2) is 82.3 Å². The fourth-order valence-electron chi connectivity index (χ4n) is 9.39. The van der Waals surface area contributed by atoms with E-state index in [1.54, 1.807) is 0 Å². The molecule has 0 aromatic carbocycles. The predicted molar refractivity (Wildman–Crippen MR) is 316 cm³/mol. The maximum absolute atomic E-state index is 12.9. The molecular formula is C66H123NO8. The van der Waals surface area contributed by atoms with E-state index < -0.39 is 24.3 Å². The molecule has 0 saturated heterocycles. The minimum absolute atomic E-state index is 0.149. The van der Waals surface area contributed by atoms with Crippen LogP contribution < -0.4 is 5.11 Å². The number of quaternary nitrogens is 1. The Hall–Kier alpha value is -2.49. The monoisotopic (exact) mass is 1060 g/mol. The molecule has 440 valence electrons. The lowest BCUT2D eigenvalue weighted by Crippen LogP contribution is -2.44. The van der Waals surface area contributed by atoms with Crippen molar-refractivity contribution in [1.29, 1.82) is 0 Å². The maximum Gasteiger partial charge on any atom is 0.306 e. The zero-order chi connectivity index (χ0) is 54.8. The smallest absolute Gasteiger partial charge is 0.306 e. The van der Waals surface area contributed by atoms with Crippen molar-refractivity contribution in [1.82, 2.24) is 0 Å². The highest BCUT2D eigenvalue weighted by Gasteiger charge is 2.22. The van der Waals surface area contributed by atoms with Crippen LogP contribution in [0, 0.1) is 0 Å².